The summed E-state index contributed by atoms with van der Waals surface area (Å²) in [6.07, 6.45) is 4.42. The summed E-state index contributed by atoms with van der Waals surface area (Å²) in [5.74, 6) is 0. The van der Waals surface area contributed by atoms with E-state index in [0.29, 0.717) is 0 Å². The van der Waals surface area contributed by atoms with Crippen molar-refractivity contribution in [1.82, 2.24) is 0 Å². The Kier molecular flexibility index (Phi) is 5.81. The molecule has 1 heteroatoms. The van der Waals surface area contributed by atoms with Gasteiger partial charge >= 0.3 is 0 Å². The van der Waals surface area contributed by atoms with Crippen LogP contribution in [0.5, 0.6) is 0 Å². The molecule has 0 aromatic rings. The van der Waals surface area contributed by atoms with Gasteiger partial charge in [-0.25, -0.2) is 0 Å². The molecule has 0 aromatic heterocycles. The topological polar surface area (TPSA) is 12.4 Å². The van der Waals surface area contributed by atoms with Gasteiger partial charge in [-0.05, 0) is 26.7 Å². The molecule has 0 aromatic carbocycles. The Bertz CT molecular complexity index is 154. The molecule has 0 amide bonds. The van der Waals surface area contributed by atoms with Gasteiger partial charge in [0.1, 0.15) is 0 Å². The number of hydrogen-bond donors (Lipinski definition) is 0. The maximum absolute atomic E-state index is 4.41. The summed E-state index contributed by atoms with van der Waals surface area (Å²) in [7, 11) is 0. The lowest BCUT2D eigenvalue weighted by atomic mass is 10.2. The third-order valence-electron chi connectivity index (χ3n) is 1.66. The predicted octanol–water partition coefficient (Wildman–Crippen LogP) is 3.21. The lowest BCUT2D eigenvalue weighted by molar-refractivity contribution is 1.07. The molecule has 0 bridgehead atoms. The van der Waals surface area contributed by atoms with Crippen molar-refractivity contribution < 1.29 is 0 Å². The minimum Gasteiger partial charge on any atom is -0.290 e. The van der Waals surface area contributed by atoms with E-state index < -0.39 is 0 Å². The first kappa shape index (κ1) is 10.4. The fourth-order valence-corrected chi connectivity index (χ4v) is 0.784. The van der Waals surface area contributed by atoms with Crippen LogP contribution in [0, 0.1) is 0 Å². The fourth-order valence-electron chi connectivity index (χ4n) is 0.784. The quantitative estimate of drug-likeness (QED) is 0.434. The Morgan fingerprint density at radius 2 is 1.91 bits per heavy atom. The van der Waals surface area contributed by atoms with Gasteiger partial charge in [0.05, 0.1) is 6.54 Å². The summed E-state index contributed by atoms with van der Waals surface area (Å²) in [5, 5.41) is 0. The van der Waals surface area contributed by atoms with E-state index in [2.05, 4.69) is 38.8 Å². The maximum atomic E-state index is 4.41. The minimum atomic E-state index is 0.882. The van der Waals surface area contributed by atoms with Gasteiger partial charge in [-0.2, -0.15) is 0 Å². The fraction of sp³-hybridized carbons (Fsp3) is 0.700. The molecule has 0 heterocycles. The Morgan fingerprint density at radius 1 is 1.27 bits per heavy atom. The SMILES string of the molecule is CC/C=C(\C)C/N=C(\C)CC. The summed E-state index contributed by atoms with van der Waals surface area (Å²) in [5.41, 5.74) is 2.62. The summed E-state index contributed by atoms with van der Waals surface area (Å²) in [4.78, 5) is 4.41. The molecule has 0 saturated carbocycles. The lowest BCUT2D eigenvalue weighted by Crippen LogP contribution is -1.91. The number of aliphatic imine (C=N–C) groups is 1. The van der Waals surface area contributed by atoms with Crippen LogP contribution in [0.25, 0.3) is 0 Å². The highest BCUT2D eigenvalue weighted by molar-refractivity contribution is 5.81. The van der Waals surface area contributed by atoms with Crippen LogP contribution >= 0.6 is 0 Å². The van der Waals surface area contributed by atoms with Crippen LogP contribution in [0.4, 0.5) is 0 Å². The summed E-state index contributed by atoms with van der Waals surface area (Å²) < 4.78 is 0. The van der Waals surface area contributed by atoms with Gasteiger partial charge in [0.2, 0.25) is 0 Å². The zero-order valence-corrected chi connectivity index (χ0v) is 8.15. The molecule has 0 aliphatic rings. The molecule has 0 radical (unpaired) electrons. The summed E-state index contributed by atoms with van der Waals surface area (Å²) in [6.45, 7) is 9.39. The first-order chi connectivity index (χ1) is 5.20. The molecule has 0 fully saturated rings. The van der Waals surface area contributed by atoms with Crippen LogP contribution in [0.15, 0.2) is 16.6 Å². The van der Waals surface area contributed by atoms with Crippen molar-refractivity contribution in [2.24, 2.45) is 4.99 Å². The molecule has 0 aliphatic heterocycles. The first-order valence-corrected chi connectivity index (χ1v) is 4.36. The average Bonchev–Trinajstić information content (AvgIpc) is 2.01. The first-order valence-electron chi connectivity index (χ1n) is 4.36. The smallest absolute Gasteiger partial charge is 0.0596 e. The van der Waals surface area contributed by atoms with Gasteiger partial charge in [-0.15, -0.1) is 0 Å². The molecule has 0 aliphatic carbocycles. The van der Waals surface area contributed by atoms with E-state index in [-0.39, 0.29) is 0 Å². The molecule has 0 N–H and O–H groups in total. The molecule has 0 saturated heterocycles. The number of nitrogens with zero attached hydrogens (tertiary/aromatic N) is 1. The van der Waals surface area contributed by atoms with Crippen molar-refractivity contribution in [2.75, 3.05) is 6.54 Å². The summed E-state index contributed by atoms with van der Waals surface area (Å²) in [6, 6.07) is 0. The molecule has 1 nitrogen and oxygen atoms in total. The zero-order chi connectivity index (χ0) is 8.69. The summed E-state index contributed by atoms with van der Waals surface area (Å²) >= 11 is 0. The number of allylic oxidation sites excluding steroid dienone is 1. The standard InChI is InChI=1S/C10H19N/c1-5-7-9(3)8-11-10(4)6-2/h7H,5-6,8H2,1-4H3/b9-7+,11-10+. The van der Waals surface area contributed by atoms with E-state index in [1.54, 1.807) is 0 Å². The van der Waals surface area contributed by atoms with E-state index in [1.807, 2.05) is 0 Å². The highest BCUT2D eigenvalue weighted by Gasteiger charge is 1.87. The van der Waals surface area contributed by atoms with Crippen LogP contribution in [0.1, 0.15) is 40.5 Å². The van der Waals surface area contributed by atoms with Crippen molar-refractivity contribution in [3.8, 4) is 0 Å². The van der Waals surface area contributed by atoms with Crippen molar-refractivity contribution in [3.63, 3.8) is 0 Å². The number of hydrogen-bond acceptors (Lipinski definition) is 1. The van der Waals surface area contributed by atoms with Crippen LogP contribution < -0.4 is 0 Å². The van der Waals surface area contributed by atoms with E-state index >= 15 is 0 Å². The van der Waals surface area contributed by atoms with Crippen LogP contribution in [0.3, 0.4) is 0 Å². The van der Waals surface area contributed by atoms with Crippen LogP contribution in [-0.4, -0.2) is 12.3 Å². The van der Waals surface area contributed by atoms with Gasteiger partial charge in [-0.3, -0.25) is 4.99 Å². The van der Waals surface area contributed by atoms with Gasteiger partial charge in [-0.1, -0.05) is 25.5 Å². The highest BCUT2D eigenvalue weighted by atomic mass is 14.7. The maximum Gasteiger partial charge on any atom is 0.0596 e. The van der Waals surface area contributed by atoms with Gasteiger partial charge in [0.15, 0.2) is 0 Å². The molecule has 11 heavy (non-hydrogen) atoms. The van der Waals surface area contributed by atoms with Gasteiger partial charge in [0.25, 0.3) is 0 Å². The van der Waals surface area contributed by atoms with E-state index in [1.165, 1.54) is 11.3 Å². The molecule has 0 atom stereocenters. The molecule has 0 rings (SSSR count). The van der Waals surface area contributed by atoms with E-state index in [9.17, 15) is 0 Å². The second-order valence-corrected chi connectivity index (χ2v) is 2.86. The molecular weight excluding hydrogens is 134 g/mol. The van der Waals surface area contributed by atoms with Gasteiger partial charge in [0, 0.05) is 5.71 Å². The average molecular weight is 153 g/mol. The Hall–Kier alpha value is -0.590. The van der Waals surface area contributed by atoms with Crippen LogP contribution in [0.2, 0.25) is 0 Å². The third-order valence-corrected chi connectivity index (χ3v) is 1.66. The second-order valence-electron chi connectivity index (χ2n) is 2.86. The Labute approximate surface area is 70.2 Å². The van der Waals surface area contributed by atoms with Crippen molar-refractivity contribution in [3.05, 3.63) is 11.6 Å². The van der Waals surface area contributed by atoms with Crippen molar-refractivity contribution in [2.45, 2.75) is 40.5 Å². The second kappa shape index (κ2) is 6.14. The third kappa shape index (κ3) is 5.84. The monoisotopic (exact) mass is 153 g/mol. The normalized spacial score (nSPS) is 13.8. The number of rotatable bonds is 4. The van der Waals surface area contributed by atoms with Crippen molar-refractivity contribution >= 4 is 5.71 Å². The molecule has 0 unspecified atom stereocenters. The van der Waals surface area contributed by atoms with Crippen LogP contribution in [-0.2, 0) is 0 Å². The lowest BCUT2D eigenvalue weighted by Gasteiger charge is -1.96. The molecular formula is C10H19N. The zero-order valence-electron chi connectivity index (χ0n) is 8.15. The molecule has 0 spiro atoms. The highest BCUT2D eigenvalue weighted by Crippen LogP contribution is 1.96. The van der Waals surface area contributed by atoms with E-state index in [0.717, 1.165) is 19.4 Å². The molecule has 64 valence electrons. The Balaban J connectivity index is 3.77. The largest absolute Gasteiger partial charge is 0.290 e. The minimum absolute atomic E-state index is 0.882. The Morgan fingerprint density at radius 3 is 2.36 bits per heavy atom. The van der Waals surface area contributed by atoms with Gasteiger partial charge < -0.3 is 0 Å². The van der Waals surface area contributed by atoms with Crippen molar-refractivity contribution in [1.29, 1.82) is 0 Å². The van der Waals surface area contributed by atoms with E-state index in [4.69, 9.17) is 0 Å². The predicted molar refractivity (Wildman–Crippen MR) is 52.3 cm³/mol.